The number of amides is 2. The summed E-state index contributed by atoms with van der Waals surface area (Å²) in [7, 11) is 1.46. The van der Waals surface area contributed by atoms with Crippen LogP contribution in [0.15, 0.2) is 73.1 Å². The Bertz CT molecular complexity index is 1300. The van der Waals surface area contributed by atoms with E-state index in [0.29, 0.717) is 29.9 Å². The second-order valence-electron chi connectivity index (χ2n) is 8.22. The van der Waals surface area contributed by atoms with Gasteiger partial charge in [0.1, 0.15) is 6.61 Å². The van der Waals surface area contributed by atoms with Crippen molar-refractivity contribution in [2.45, 2.75) is 26.4 Å². The van der Waals surface area contributed by atoms with E-state index >= 15 is 0 Å². The van der Waals surface area contributed by atoms with Crippen molar-refractivity contribution in [3.63, 3.8) is 0 Å². The van der Waals surface area contributed by atoms with Crippen molar-refractivity contribution >= 4 is 28.5 Å². The third-order valence-electron chi connectivity index (χ3n) is 5.54. The van der Waals surface area contributed by atoms with E-state index < -0.39 is 0 Å². The molecule has 0 saturated carbocycles. The highest BCUT2D eigenvalue weighted by atomic mass is 16.5. The molecule has 7 heteroatoms. The lowest BCUT2D eigenvalue weighted by atomic mass is 10.1. The number of nitrogens with one attached hydrogen (secondary N) is 2. The number of aromatic nitrogens is 2. The highest BCUT2D eigenvalue weighted by Gasteiger charge is 2.17. The Morgan fingerprint density at radius 3 is 2.56 bits per heavy atom. The molecule has 1 aromatic heterocycles. The van der Waals surface area contributed by atoms with E-state index in [0.717, 1.165) is 23.1 Å². The van der Waals surface area contributed by atoms with Crippen molar-refractivity contribution in [1.82, 2.24) is 14.9 Å². The van der Waals surface area contributed by atoms with Gasteiger partial charge in [-0.15, -0.1) is 0 Å². The molecule has 0 saturated heterocycles. The van der Waals surface area contributed by atoms with E-state index in [2.05, 4.69) is 27.8 Å². The summed E-state index contributed by atoms with van der Waals surface area (Å²) in [6.07, 6.45) is 2.55. The summed E-state index contributed by atoms with van der Waals surface area (Å²) in [5.74, 6) is -0.521. The number of hydrogen-bond acceptors (Lipinski definition) is 4. The fourth-order valence-electron chi connectivity index (χ4n) is 3.95. The van der Waals surface area contributed by atoms with Gasteiger partial charge < -0.3 is 19.9 Å². The van der Waals surface area contributed by atoms with Gasteiger partial charge in [0.25, 0.3) is 5.91 Å². The molecule has 2 amide bonds. The van der Waals surface area contributed by atoms with E-state index in [-0.39, 0.29) is 18.4 Å². The van der Waals surface area contributed by atoms with Crippen LogP contribution < -0.4 is 10.6 Å². The Kier molecular flexibility index (Phi) is 7.34. The zero-order chi connectivity index (χ0) is 23.9. The van der Waals surface area contributed by atoms with Crippen molar-refractivity contribution in [2.24, 2.45) is 0 Å². The number of fused-ring (bicyclic) bond motifs is 1. The van der Waals surface area contributed by atoms with E-state index in [4.69, 9.17) is 4.74 Å². The summed E-state index contributed by atoms with van der Waals surface area (Å²) in [6.45, 7) is 3.03. The standard InChI is InChI=1S/C27H28N4O3/c1-19-7-6-10-21(13-19)16-28-27(33)23-14-22(30-25(32)17-34-2)15-24-26(23)31(18-29-24)12-11-20-8-4-3-5-9-20/h3-10,13-15,18H,11-12,16-17H2,1-2H3,(H,28,33)(H,30,32). The molecule has 3 aromatic carbocycles. The minimum absolute atomic E-state index is 0.0710. The minimum Gasteiger partial charge on any atom is -0.375 e. The quantitative estimate of drug-likeness (QED) is 0.397. The van der Waals surface area contributed by atoms with Crippen molar-refractivity contribution in [1.29, 1.82) is 0 Å². The third-order valence-corrected chi connectivity index (χ3v) is 5.54. The van der Waals surface area contributed by atoms with Gasteiger partial charge in [-0.25, -0.2) is 4.98 Å². The lowest BCUT2D eigenvalue weighted by Gasteiger charge is -2.13. The van der Waals surface area contributed by atoms with Gasteiger partial charge in [-0.3, -0.25) is 9.59 Å². The number of rotatable bonds is 9. The summed E-state index contributed by atoms with van der Waals surface area (Å²) in [6, 6.07) is 21.7. The normalized spacial score (nSPS) is 10.9. The molecule has 0 unspecified atom stereocenters. The van der Waals surface area contributed by atoms with Crippen LogP contribution in [-0.4, -0.2) is 35.1 Å². The zero-order valence-corrected chi connectivity index (χ0v) is 19.4. The van der Waals surface area contributed by atoms with Gasteiger partial charge in [-0.1, -0.05) is 60.2 Å². The van der Waals surface area contributed by atoms with Crippen molar-refractivity contribution in [3.05, 3.63) is 95.3 Å². The highest BCUT2D eigenvalue weighted by molar-refractivity contribution is 6.07. The molecule has 0 aliphatic rings. The molecule has 2 N–H and O–H groups in total. The Hall–Kier alpha value is -3.97. The highest BCUT2D eigenvalue weighted by Crippen LogP contribution is 2.24. The predicted molar refractivity (Wildman–Crippen MR) is 133 cm³/mol. The van der Waals surface area contributed by atoms with Crippen molar-refractivity contribution in [2.75, 3.05) is 19.0 Å². The zero-order valence-electron chi connectivity index (χ0n) is 19.4. The molecule has 34 heavy (non-hydrogen) atoms. The summed E-state index contributed by atoms with van der Waals surface area (Å²) < 4.78 is 6.90. The SMILES string of the molecule is COCC(=O)Nc1cc(C(=O)NCc2cccc(C)c2)c2c(c1)ncn2CCc1ccccc1. The molecule has 0 aliphatic carbocycles. The Morgan fingerprint density at radius 2 is 1.79 bits per heavy atom. The molecule has 1 heterocycles. The van der Waals surface area contributed by atoms with Gasteiger partial charge in [0.15, 0.2) is 0 Å². The predicted octanol–water partition coefficient (Wildman–Crippen LogP) is 4.10. The van der Waals surface area contributed by atoms with E-state index in [1.165, 1.54) is 12.7 Å². The molecule has 0 fully saturated rings. The molecule has 0 aliphatic heterocycles. The first kappa shape index (κ1) is 23.2. The van der Waals surface area contributed by atoms with E-state index in [9.17, 15) is 9.59 Å². The van der Waals surface area contributed by atoms with Gasteiger partial charge in [0, 0.05) is 25.9 Å². The van der Waals surface area contributed by atoms with Crippen molar-refractivity contribution in [3.8, 4) is 0 Å². The molecule has 7 nitrogen and oxygen atoms in total. The summed E-state index contributed by atoms with van der Waals surface area (Å²) in [5.41, 5.74) is 5.71. The van der Waals surface area contributed by atoms with Gasteiger partial charge in [-0.05, 0) is 36.6 Å². The molecule has 4 rings (SSSR count). The number of hydrogen-bond donors (Lipinski definition) is 2. The molecule has 174 valence electrons. The fraction of sp³-hybridized carbons (Fsp3) is 0.222. The number of imidazole rings is 1. The monoisotopic (exact) mass is 456 g/mol. The van der Waals surface area contributed by atoms with Gasteiger partial charge in [0.2, 0.25) is 5.91 Å². The number of methoxy groups -OCH3 is 1. The number of carbonyl (C=O) groups excluding carboxylic acids is 2. The van der Waals surface area contributed by atoms with Crippen LogP contribution in [-0.2, 0) is 29.0 Å². The van der Waals surface area contributed by atoms with E-state index in [1.807, 2.05) is 54.0 Å². The van der Waals surface area contributed by atoms with Gasteiger partial charge in [-0.2, -0.15) is 0 Å². The molecular formula is C27H28N4O3. The average molecular weight is 457 g/mol. The summed E-state index contributed by atoms with van der Waals surface area (Å²) >= 11 is 0. The topological polar surface area (TPSA) is 85.2 Å². The first-order chi connectivity index (χ1) is 16.5. The van der Waals surface area contributed by atoms with Crippen LogP contribution in [0.5, 0.6) is 0 Å². The lowest BCUT2D eigenvalue weighted by Crippen LogP contribution is -2.24. The number of anilines is 1. The molecule has 0 radical (unpaired) electrons. The number of nitrogens with zero attached hydrogens (tertiary/aromatic N) is 2. The number of aryl methyl sites for hydroxylation is 3. The van der Waals surface area contributed by atoms with Crippen LogP contribution in [0.2, 0.25) is 0 Å². The number of carbonyl (C=O) groups is 2. The van der Waals surface area contributed by atoms with Crippen LogP contribution in [0.25, 0.3) is 11.0 Å². The minimum atomic E-state index is -0.295. The average Bonchev–Trinajstić information content (AvgIpc) is 3.24. The number of benzene rings is 3. The smallest absolute Gasteiger partial charge is 0.253 e. The maximum absolute atomic E-state index is 13.3. The van der Waals surface area contributed by atoms with Gasteiger partial charge >= 0.3 is 0 Å². The summed E-state index contributed by atoms with van der Waals surface area (Å²) in [4.78, 5) is 29.9. The van der Waals surface area contributed by atoms with Crippen LogP contribution in [0.1, 0.15) is 27.0 Å². The fourth-order valence-corrected chi connectivity index (χ4v) is 3.95. The second-order valence-corrected chi connectivity index (χ2v) is 8.22. The molecule has 0 spiro atoms. The second kappa shape index (κ2) is 10.8. The van der Waals surface area contributed by atoms with Gasteiger partial charge in [0.05, 0.1) is 22.9 Å². The van der Waals surface area contributed by atoms with Crippen LogP contribution >= 0.6 is 0 Å². The largest absolute Gasteiger partial charge is 0.375 e. The molecule has 0 atom stereocenters. The van der Waals surface area contributed by atoms with Crippen LogP contribution in [0, 0.1) is 6.92 Å². The maximum atomic E-state index is 13.3. The Labute approximate surface area is 198 Å². The van der Waals surface area contributed by atoms with Crippen LogP contribution in [0.4, 0.5) is 5.69 Å². The molecule has 4 aromatic rings. The van der Waals surface area contributed by atoms with Crippen LogP contribution in [0.3, 0.4) is 0 Å². The number of ether oxygens (including phenoxy) is 1. The van der Waals surface area contributed by atoms with E-state index in [1.54, 1.807) is 18.5 Å². The Balaban J connectivity index is 1.64. The first-order valence-electron chi connectivity index (χ1n) is 11.2. The lowest BCUT2D eigenvalue weighted by molar-refractivity contribution is -0.119. The van der Waals surface area contributed by atoms with Crippen molar-refractivity contribution < 1.29 is 14.3 Å². The Morgan fingerprint density at radius 1 is 1.00 bits per heavy atom. The third kappa shape index (κ3) is 5.68. The summed E-state index contributed by atoms with van der Waals surface area (Å²) in [5, 5.41) is 5.80. The molecule has 0 bridgehead atoms. The first-order valence-corrected chi connectivity index (χ1v) is 11.2. The molecular weight excluding hydrogens is 428 g/mol. The maximum Gasteiger partial charge on any atom is 0.253 e.